The molecule has 0 saturated heterocycles. The van der Waals surface area contributed by atoms with Crippen LogP contribution < -0.4 is 5.73 Å². The zero-order chi connectivity index (χ0) is 11.4. The largest absolute Gasteiger partial charge is 0.330 e. The van der Waals surface area contributed by atoms with Crippen LogP contribution in [-0.4, -0.2) is 16.5 Å². The van der Waals surface area contributed by atoms with Gasteiger partial charge in [-0.25, -0.2) is 4.98 Å². The van der Waals surface area contributed by atoms with Gasteiger partial charge in [0.25, 0.3) is 0 Å². The summed E-state index contributed by atoms with van der Waals surface area (Å²) in [5, 5.41) is 1.15. The van der Waals surface area contributed by atoms with Crippen molar-refractivity contribution in [3.63, 3.8) is 0 Å². The first-order valence-corrected chi connectivity index (χ1v) is 6.15. The maximum Gasteiger partial charge on any atom is 0.0975 e. The summed E-state index contributed by atoms with van der Waals surface area (Å²) >= 11 is 1.76. The fraction of sp³-hybridized carbons (Fsp3) is 0.333. The van der Waals surface area contributed by atoms with Gasteiger partial charge in [-0.1, -0.05) is 6.07 Å². The van der Waals surface area contributed by atoms with E-state index in [2.05, 4.69) is 16.0 Å². The predicted octanol–water partition coefficient (Wildman–Crippen LogP) is 1.94. The van der Waals surface area contributed by atoms with Gasteiger partial charge in [0, 0.05) is 23.7 Å². The van der Waals surface area contributed by atoms with E-state index in [-0.39, 0.29) is 0 Å². The van der Waals surface area contributed by atoms with Gasteiger partial charge in [0.05, 0.1) is 10.7 Å². The molecule has 0 aliphatic carbocycles. The van der Waals surface area contributed by atoms with E-state index in [1.165, 1.54) is 10.4 Å². The standard InChI is InChI=1S/C12H15N3S/c1-9-11(4-5-13)16-12(15-9)7-10-3-2-6-14-8-10/h2-3,6,8H,4-5,7,13H2,1H3. The number of nitrogens with two attached hydrogens (primary N) is 1. The minimum absolute atomic E-state index is 0.690. The van der Waals surface area contributed by atoms with Crippen LogP contribution in [0.5, 0.6) is 0 Å². The molecule has 0 radical (unpaired) electrons. The summed E-state index contributed by atoms with van der Waals surface area (Å²) in [5.41, 5.74) is 7.88. The van der Waals surface area contributed by atoms with Gasteiger partial charge in [0.15, 0.2) is 0 Å². The molecule has 0 amide bonds. The molecule has 0 unspecified atom stereocenters. The van der Waals surface area contributed by atoms with E-state index in [0.29, 0.717) is 6.54 Å². The lowest BCUT2D eigenvalue weighted by Crippen LogP contribution is -2.01. The SMILES string of the molecule is Cc1nc(Cc2cccnc2)sc1CCN. The minimum atomic E-state index is 0.690. The lowest BCUT2D eigenvalue weighted by Gasteiger charge is -1.95. The Hall–Kier alpha value is -1.26. The van der Waals surface area contributed by atoms with Gasteiger partial charge in [-0.3, -0.25) is 4.98 Å². The molecule has 16 heavy (non-hydrogen) atoms. The first-order valence-electron chi connectivity index (χ1n) is 5.33. The van der Waals surface area contributed by atoms with Crippen LogP contribution in [0.2, 0.25) is 0 Å². The topological polar surface area (TPSA) is 51.8 Å². The van der Waals surface area contributed by atoms with Crippen molar-refractivity contribution < 1.29 is 0 Å². The highest BCUT2D eigenvalue weighted by atomic mass is 32.1. The van der Waals surface area contributed by atoms with E-state index in [9.17, 15) is 0 Å². The fourth-order valence-electron chi connectivity index (χ4n) is 1.60. The van der Waals surface area contributed by atoms with Crippen LogP contribution in [0.15, 0.2) is 24.5 Å². The Labute approximate surface area is 99.4 Å². The number of thiazole rings is 1. The van der Waals surface area contributed by atoms with Crippen molar-refractivity contribution in [3.05, 3.63) is 45.7 Å². The number of pyridine rings is 1. The second-order valence-electron chi connectivity index (χ2n) is 3.69. The molecule has 0 spiro atoms. The molecule has 2 rings (SSSR count). The molecule has 2 heterocycles. The van der Waals surface area contributed by atoms with Crippen molar-refractivity contribution in [2.24, 2.45) is 5.73 Å². The molecular formula is C12H15N3S. The van der Waals surface area contributed by atoms with Gasteiger partial charge in [-0.15, -0.1) is 11.3 Å². The minimum Gasteiger partial charge on any atom is -0.330 e. The van der Waals surface area contributed by atoms with Crippen LogP contribution >= 0.6 is 11.3 Å². The predicted molar refractivity (Wildman–Crippen MR) is 66.7 cm³/mol. The summed E-state index contributed by atoms with van der Waals surface area (Å²) in [6.07, 6.45) is 5.47. The molecule has 0 aliphatic heterocycles. The Morgan fingerprint density at radius 2 is 2.31 bits per heavy atom. The average Bonchev–Trinajstić information content (AvgIpc) is 2.61. The molecule has 0 bridgehead atoms. The first kappa shape index (κ1) is 11.2. The Bertz CT molecular complexity index is 451. The number of hydrogen-bond acceptors (Lipinski definition) is 4. The third kappa shape index (κ3) is 2.65. The molecule has 0 saturated carbocycles. The van der Waals surface area contributed by atoms with Crippen molar-refractivity contribution in [3.8, 4) is 0 Å². The van der Waals surface area contributed by atoms with E-state index in [1.54, 1.807) is 17.5 Å². The van der Waals surface area contributed by atoms with E-state index in [4.69, 9.17) is 5.73 Å². The molecule has 2 aromatic heterocycles. The Balaban J connectivity index is 2.13. The smallest absolute Gasteiger partial charge is 0.0975 e. The van der Waals surface area contributed by atoms with Gasteiger partial charge in [-0.2, -0.15) is 0 Å². The molecule has 3 nitrogen and oxygen atoms in total. The van der Waals surface area contributed by atoms with Crippen LogP contribution in [0.1, 0.15) is 21.1 Å². The number of hydrogen-bond donors (Lipinski definition) is 1. The summed E-state index contributed by atoms with van der Waals surface area (Å²) in [6.45, 7) is 2.74. The molecule has 4 heteroatoms. The molecule has 0 aromatic carbocycles. The molecule has 2 N–H and O–H groups in total. The lowest BCUT2D eigenvalue weighted by atomic mass is 10.2. The van der Waals surface area contributed by atoms with Crippen LogP contribution in [0.4, 0.5) is 0 Å². The van der Waals surface area contributed by atoms with Gasteiger partial charge in [0.1, 0.15) is 0 Å². The maximum absolute atomic E-state index is 5.56. The highest BCUT2D eigenvalue weighted by Gasteiger charge is 2.07. The Kier molecular flexibility index (Phi) is 3.64. The third-order valence-corrected chi connectivity index (χ3v) is 3.60. The van der Waals surface area contributed by atoms with Crippen molar-refractivity contribution >= 4 is 11.3 Å². The maximum atomic E-state index is 5.56. The average molecular weight is 233 g/mol. The molecule has 0 atom stereocenters. The van der Waals surface area contributed by atoms with Crippen molar-refractivity contribution in [1.82, 2.24) is 9.97 Å². The van der Waals surface area contributed by atoms with Gasteiger partial charge in [0.2, 0.25) is 0 Å². The monoisotopic (exact) mass is 233 g/mol. The van der Waals surface area contributed by atoms with Crippen molar-refractivity contribution in [2.45, 2.75) is 19.8 Å². The second-order valence-corrected chi connectivity index (χ2v) is 4.86. The van der Waals surface area contributed by atoms with Gasteiger partial charge in [-0.05, 0) is 31.5 Å². The zero-order valence-electron chi connectivity index (χ0n) is 9.31. The lowest BCUT2D eigenvalue weighted by molar-refractivity contribution is 0.966. The quantitative estimate of drug-likeness (QED) is 0.878. The molecule has 0 fully saturated rings. The highest BCUT2D eigenvalue weighted by molar-refractivity contribution is 7.11. The summed E-state index contributed by atoms with van der Waals surface area (Å²) < 4.78 is 0. The van der Waals surface area contributed by atoms with Crippen LogP contribution in [0, 0.1) is 6.92 Å². The highest BCUT2D eigenvalue weighted by Crippen LogP contribution is 2.20. The van der Waals surface area contributed by atoms with E-state index in [1.807, 2.05) is 19.2 Å². The zero-order valence-corrected chi connectivity index (χ0v) is 10.1. The summed E-state index contributed by atoms with van der Waals surface area (Å²) in [6, 6.07) is 4.03. The Morgan fingerprint density at radius 1 is 1.44 bits per heavy atom. The third-order valence-electron chi connectivity index (χ3n) is 2.39. The number of aromatic nitrogens is 2. The summed E-state index contributed by atoms with van der Waals surface area (Å²) in [4.78, 5) is 9.97. The van der Waals surface area contributed by atoms with E-state index in [0.717, 1.165) is 23.5 Å². The molecular weight excluding hydrogens is 218 g/mol. The number of nitrogens with zero attached hydrogens (tertiary/aromatic N) is 2. The normalized spacial score (nSPS) is 10.6. The van der Waals surface area contributed by atoms with Gasteiger partial charge >= 0.3 is 0 Å². The van der Waals surface area contributed by atoms with Crippen LogP contribution in [-0.2, 0) is 12.8 Å². The summed E-state index contributed by atoms with van der Waals surface area (Å²) in [7, 11) is 0. The van der Waals surface area contributed by atoms with Gasteiger partial charge < -0.3 is 5.73 Å². The Morgan fingerprint density at radius 3 is 3.00 bits per heavy atom. The van der Waals surface area contributed by atoms with Crippen LogP contribution in [0.3, 0.4) is 0 Å². The second kappa shape index (κ2) is 5.18. The van der Waals surface area contributed by atoms with Crippen molar-refractivity contribution in [2.75, 3.05) is 6.54 Å². The summed E-state index contributed by atoms with van der Waals surface area (Å²) in [5.74, 6) is 0. The first-order chi connectivity index (χ1) is 7.79. The van der Waals surface area contributed by atoms with Crippen LogP contribution in [0.25, 0.3) is 0 Å². The van der Waals surface area contributed by atoms with Crippen molar-refractivity contribution in [1.29, 1.82) is 0 Å². The molecule has 2 aromatic rings. The fourth-order valence-corrected chi connectivity index (χ4v) is 2.72. The number of aryl methyl sites for hydroxylation is 1. The van der Waals surface area contributed by atoms with E-state index < -0.39 is 0 Å². The number of rotatable bonds is 4. The molecule has 84 valence electrons. The van der Waals surface area contributed by atoms with E-state index >= 15 is 0 Å². The molecule has 0 aliphatic rings.